The maximum atomic E-state index is 12.4. The van der Waals surface area contributed by atoms with Gasteiger partial charge in [0.25, 0.3) is 0 Å². The first-order valence-electron chi connectivity index (χ1n) is 7.61. The lowest BCUT2D eigenvalue weighted by Gasteiger charge is -2.36. The van der Waals surface area contributed by atoms with Crippen molar-refractivity contribution in [2.75, 3.05) is 0 Å². The van der Waals surface area contributed by atoms with E-state index in [1.165, 1.54) is 0 Å². The van der Waals surface area contributed by atoms with Crippen molar-refractivity contribution in [2.45, 2.75) is 52.2 Å². The molecule has 0 radical (unpaired) electrons. The molecular formula is C17H20O5. The van der Waals surface area contributed by atoms with E-state index in [0.717, 1.165) is 17.6 Å². The van der Waals surface area contributed by atoms with Gasteiger partial charge in [-0.25, -0.2) is 4.79 Å². The molecule has 0 spiro atoms. The molecule has 3 atom stereocenters. The third kappa shape index (κ3) is 2.16. The van der Waals surface area contributed by atoms with E-state index < -0.39 is 5.41 Å². The first-order chi connectivity index (χ1) is 10.5. The van der Waals surface area contributed by atoms with Gasteiger partial charge in [0, 0.05) is 23.0 Å². The van der Waals surface area contributed by atoms with Gasteiger partial charge in [0.15, 0.2) is 0 Å². The summed E-state index contributed by atoms with van der Waals surface area (Å²) >= 11 is 0. The van der Waals surface area contributed by atoms with Gasteiger partial charge in [-0.3, -0.25) is 4.79 Å². The number of fused-ring (bicyclic) bond motifs is 1. The number of hydrogen-bond acceptors (Lipinski definition) is 5. The smallest absolute Gasteiger partial charge is 0.335 e. The monoisotopic (exact) mass is 304 g/mol. The van der Waals surface area contributed by atoms with E-state index >= 15 is 0 Å². The molecule has 0 amide bonds. The molecule has 22 heavy (non-hydrogen) atoms. The Morgan fingerprint density at radius 1 is 1.50 bits per heavy atom. The van der Waals surface area contributed by atoms with Gasteiger partial charge < -0.3 is 13.9 Å². The first-order valence-corrected chi connectivity index (χ1v) is 7.61. The molecule has 0 saturated carbocycles. The molecule has 1 aliphatic heterocycles. The maximum absolute atomic E-state index is 12.4. The molecule has 1 saturated heterocycles. The number of carbonyl (C=O) groups is 2. The summed E-state index contributed by atoms with van der Waals surface area (Å²) < 4.78 is 16.2. The summed E-state index contributed by atoms with van der Waals surface area (Å²) in [4.78, 5) is 23.9. The Balaban J connectivity index is 1.97. The highest BCUT2D eigenvalue weighted by Gasteiger charge is 2.54. The Labute approximate surface area is 129 Å². The highest BCUT2D eigenvalue weighted by atomic mass is 16.6. The summed E-state index contributed by atoms with van der Waals surface area (Å²) in [6.07, 6.45) is 4.28. The lowest BCUT2D eigenvalue weighted by Crippen LogP contribution is -2.34. The number of furan rings is 1. The summed E-state index contributed by atoms with van der Waals surface area (Å²) in [6, 6.07) is 1.82. The highest BCUT2D eigenvalue weighted by Crippen LogP contribution is 2.56. The first kappa shape index (κ1) is 14.9. The zero-order valence-electron chi connectivity index (χ0n) is 13.0. The third-order valence-electron chi connectivity index (χ3n) is 4.79. The molecule has 0 aromatic carbocycles. The average Bonchev–Trinajstić information content (AvgIpc) is 3.09. The number of cyclic esters (lactones) is 1. The Morgan fingerprint density at radius 3 is 2.91 bits per heavy atom. The van der Waals surface area contributed by atoms with Gasteiger partial charge in [0.05, 0.1) is 12.5 Å². The fourth-order valence-electron chi connectivity index (χ4n) is 3.59. The van der Waals surface area contributed by atoms with Gasteiger partial charge >= 0.3 is 11.9 Å². The van der Waals surface area contributed by atoms with E-state index in [1.807, 2.05) is 19.9 Å². The molecule has 1 aliphatic carbocycles. The number of carbonyl (C=O) groups excluding carboxylic acids is 2. The molecule has 1 aromatic heterocycles. The molecular weight excluding hydrogens is 284 g/mol. The molecule has 3 rings (SSSR count). The van der Waals surface area contributed by atoms with Crippen molar-refractivity contribution >= 4 is 11.9 Å². The fourth-order valence-corrected chi connectivity index (χ4v) is 3.59. The Kier molecular flexibility index (Phi) is 3.59. The van der Waals surface area contributed by atoms with Crippen LogP contribution in [-0.2, 0) is 19.1 Å². The molecule has 1 fully saturated rings. The van der Waals surface area contributed by atoms with Crippen molar-refractivity contribution in [3.8, 4) is 0 Å². The summed E-state index contributed by atoms with van der Waals surface area (Å²) in [6.45, 7) is 5.65. The van der Waals surface area contributed by atoms with Gasteiger partial charge in [0.1, 0.15) is 12.2 Å². The van der Waals surface area contributed by atoms with Gasteiger partial charge in [-0.15, -0.1) is 0 Å². The molecule has 5 nitrogen and oxygen atoms in total. The minimum Gasteiger partial charge on any atom is -0.472 e. The van der Waals surface area contributed by atoms with Crippen LogP contribution in [-0.4, -0.2) is 18.0 Å². The third-order valence-corrected chi connectivity index (χ3v) is 4.79. The predicted octanol–water partition coefficient (Wildman–Crippen LogP) is 3.32. The number of ether oxygens (including phenoxy) is 2. The Hall–Kier alpha value is -2.04. The molecule has 0 N–H and O–H groups in total. The lowest BCUT2D eigenvalue weighted by atomic mass is 9.67. The van der Waals surface area contributed by atoms with Crippen LogP contribution in [0.25, 0.3) is 0 Å². The Bertz CT molecular complexity index is 627. The van der Waals surface area contributed by atoms with Gasteiger partial charge in [-0.1, -0.05) is 13.8 Å². The van der Waals surface area contributed by atoms with E-state index in [-0.39, 0.29) is 24.1 Å². The number of rotatable bonds is 3. The summed E-state index contributed by atoms with van der Waals surface area (Å²) in [7, 11) is 0. The zero-order chi connectivity index (χ0) is 15.9. The van der Waals surface area contributed by atoms with Crippen molar-refractivity contribution in [3.05, 3.63) is 35.3 Å². The second-order valence-electron chi connectivity index (χ2n) is 6.19. The maximum Gasteiger partial charge on any atom is 0.335 e. The van der Waals surface area contributed by atoms with Crippen molar-refractivity contribution < 1.29 is 23.5 Å². The van der Waals surface area contributed by atoms with Gasteiger partial charge in [-0.2, -0.15) is 0 Å². The summed E-state index contributed by atoms with van der Waals surface area (Å²) in [5.74, 6) is -0.560. The SMILES string of the molecule is CCC(=O)O[C@@H]1CC[C@]2(C)C(=C1C)C(=O)O[C@H]2c1ccoc1. The van der Waals surface area contributed by atoms with Crippen molar-refractivity contribution in [2.24, 2.45) is 5.41 Å². The molecule has 2 heterocycles. The van der Waals surface area contributed by atoms with E-state index in [9.17, 15) is 9.59 Å². The minimum atomic E-state index is -0.403. The number of hydrogen-bond donors (Lipinski definition) is 0. The van der Waals surface area contributed by atoms with E-state index in [2.05, 4.69) is 0 Å². The van der Waals surface area contributed by atoms with Crippen LogP contribution >= 0.6 is 0 Å². The molecule has 0 bridgehead atoms. The fraction of sp³-hybridized carbons (Fsp3) is 0.529. The second-order valence-corrected chi connectivity index (χ2v) is 6.19. The number of esters is 2. The molecule has 0 unspecified atom stereocenters. The average molecular weight is 304 g/mol. The van der Waals surface area contributed by atoms with Crippen LogP contribution in [0, 0.1) is 5.41 Å². The van der Waals surface area contributed by atoms with E-state index in [0.29, 0.717) is 18.4 Å². The molecule has 2 aliphatic rings. The quantitative estimate of drug-likeness (QED) is 0.801. The topological polar surface area (TPSA) is 65.7 Å². The van der Waals surface area contributed by atoms with Crippen LogP contribution in [0.4, 0.5) is 0 Å². The lowest BCUT2D eigenvalue weighted by molar-refractivity contribution is -0.148. The summed E-state index contributed by atoms with van der Waals surface area (Å²) in [5.41, 5.74) is 1.92. The van der Waals surface area contributed by atoms with Crippen LogP contribution in [0.2, 0.25) is 0 Å². The molecule has 118 valence electrons. The van der Waals surface area contributed by atoms with E-state index in [1.54, 1.807) is 19.5 Å². The van der Waals surface area contributed by atoms with Crippen LogP contribution in [0.15, 0.2) is 34.2 Å². The highest BCUT2D eigenvalue weighted by molar-refractivity contribution is 5.94. The molecule has 5 heteroatoms. The van der Waals surface area contributed by atoms with Crippen LogP contribution < -0.4 is 0 Å². The van der Waals surface area contributed by atoms with Crippen molar-refractivity contribution in [1.29, 1.82) is 0 Å². The van der Waals surface area contributed by atoms with Gasteiger partial charge in [0.2, 0.25) is 0 Å². The largest absolute Gasteiger partial charge is 0.472 e. The van der Waals surface area contributed by atoms with Crippen molar-refractivity contribution in [3.63, 3.8) is 0 Å². The minimum absolute atomic E-state index is 0.244. The van der Waals surface area contributed by atoms with Crippen LogP contribution in [0.1, 0.15) is 51.7 Å². The summed E-state index contributed by atoms with van der Waals surface area (Å²) in [5, 5.41) is 0. The zero-order valence-corrected chi connectivity index (χ0v) is 13.0. The van der Waals surface area contributed by atoms with E-state index in [4.69, 9.17) is 13.9 Å². The second kappa shape index (κ2) is 5.30. The standard InChI is InChI=1S/C17H20O5/c1-4-13(18)21-12-5-7-17(3)14(10(12)2)16(19)22-15(17)11-6-8-20-9-11/h6,8-9,12,15H,4-5,7H2,1-3H3/t12-,15+,17-/m1/s1. The predicted molar refractivity (Wildman–Crippen MR) is 77.8 cm³/mol. The van der Waals surface area contributed by atoms with Crippen molar-refractivity contribution in [1.82, 2.24) is 0 Å². The van der Waals surface area contributed by atoms with Crippen LogP contribution in [0.3, 0.4) is 0 Å². The van der Waals surface area contributed by atoms with Crippen LogP contribution in [0.5, 0.6) is 0 Å². The molecule has 1 aromatic rings. The Morgan fingerprint density at radius 2 is 2.27 bits per heavy atom. The van der Waals surface area contributed by atoms with Gasteiger partial charge in [-0.05, 0) is 31.4 Å². The normalized spacial score (nSPS) is 31.0.